The highest BCUT2D eigenvalue weighted by atomic mass is 16.4. The molecule has 2 N–H and O–H groups in total. The van der Waals surface area contributed by atoms with Crippen molar-refractivity contribution in [2.45, 2.75) is 26.3 Å². The molecule has 0 saturated carbocycles. The minimum atomic E-state index is 0.382. The molecule has 56 valence electrons. The molecule has 0 aliphatic heterocycles. The summed E-state index contributed by atoms with van der Waals surface area (Å²) in [5.41, 5.74) is 5.31. The lowest BCUT2D eigenvalue weighted by molar-refractivity contribution is 0.440. The lowest BCUT2D eigenvalue weighted by atomic mass is 10.2. The Morgan fingerprint density at radius 2 is 2.40 bits per heavy atom. The third-order valence-electron chi connectivity index (χ3n) is 1.32. The van der Waals surface area contributed by atoms with Crippen molar-refractivity contribution >= 4 is 0 Å². The second kappa shape index (κ2) is 2.84. The fraction of sp³-hybridized carbons (Fsp3) is 0.571. The number of hydrogen-bond acceptors (Lipinski definition) is 3. The number of nitrogens with zero attached hydrogens (tertiary/aromatic N) is 1. The summed E-state index contributed by atoms with van der Waals surface area (Å²) < 4.78 is 5.26. The van der Waals surface area contributed by atoms with Gasteiger partial charge in [0.1, 0.15) is 5.76 Å². The maximum atomic E-state index is 5.31. The van der Waals surface area contributed by atoms with Crippen LogP contribution < -0.4 is 5.73 Å². The van der Waals surface area contributed by atoms with Crippen LogP contribution in [-0.4, -0.2) is 4.98 Å². The summed E-state index contributed by atoms with van der Waals surface area (Å²) in [5, 5.41) is 0. The second-order valence-electron chi connectivity index (χ2n) is 2.52. The molecule has 0 spiro atoms. The van der Waals surface area contributed by atoms with Crippen molar-refractivity contribution in [3.05, 3.63) is 17.8 Å². The minimum Gasteiger partial charge on any atom is -0.444 e. The van der Waals surface area contributed by atoms with Crippen molar-refractivity contribution in [2.24, 2.45) is 5.73 Å². The molecule has 1 heterocycles. The van der Waals surface area contributed by atoms with E-state index in [0.29, 0.717) is 18.4 Å². The largest absolute Gasteiger partial charge is 0.444 e. The van der Waals surface area contributed by atoms with Crippen molar-refractivity contribution in [1.82, 2.24) is 4.98 Å². The summed E-state index contributed by atoms with van der Waals surface area (Å²) in [4.78, 5) is 3.96. The third-order valence-corrected chi connectivity index (χ3v) is 1.32. The summed E-state index contributed by atoms with van der Waals surface area (Å²) in [5.74, 6) is 1.91. The van der Waals surface area contributed by atoms with E-state index >= 15 is 0 Å². The zero-order valence-corrected chi connectivity index (χ0v) is 6.29. The van der Waals surface area contributed by atoms with Crippen LogP contribution in [0.1, 0.15) is 31.4 Å². The maximum absolute atomic E-state index is 5.31. The van der Waals surface area contributed by atoms with Gasteiger partial charge in [0.2, 0.25) is 5.89 Å². The first-order valence-electron chi connectivity index (χ1n) is 3.38. The fourth-order valence-corrected chi connectivity index (χ4v) is 0.686. The highest BCUT2D eigenvalue weighted by Crippen LogP contribution is 2.14. The third kappa shape index (κ3) is 1.36. The zero-order valence-electron chi connectivity index (χ0n) is 6.29. The van der Waals surface area contributed by atoms with Crippen molar-refractivity contribution < 1.29 is 4.42 Å². The number of rotatable bonds is 2. The van der Waals surface area contributed by atoms with Crippen molar-refractivity contribution in [2.75, 3.05) is 0 Å². The first kappa shape index (κ1) is 7.28. The maximum Gasteiger partial charge on any atom is 0.208 e. The molecule has 3 heteroatoms. The molecule has 0 amide bonds. The van der Waals surface area contributed by atoms with E-state index in [1.165, 1.54) is 0 Å². The van der Waals surface area contributed by atoms with Gasteiger partial charge in [-0.2, -0.15) is 0 Å². The van der Waals surface area contributed by atoms with Crippen LogP contribution in [-0.2, 0) is 6.54 Å². The van der Waals surface area contributed by atoms with Gasteiger partial charge in [-0.15, -0.1) is 0 Å². The summed E-state index contributed by atoms with van der Waals surface area (Å²) in [7, 11) is 0. The molecule has 0 aliphatic carbocycles. The van der Waals surface area contributed by atoms with Crippen LogP contribution in [0.25, 0.3) is 0 Å². The van der Waals surface area contributed by atoms with Gasteiger partial charge in [0.05, 0.1) is 12.7 Å². The van der Waals surface area contributed by atoms with E-state index < -0.39 is 0 Å². The topological polar surface area (TPSA) is 52.0 Å². The van der Waals surface area contributed by atoms with E-state index in [2.05, 4.69) is 18.8 Å². The van der Waals surface area contributed by atoms with Crippen LogP contribution in [0.5, 0.6) is 0 Å². The van der Waals surface area contributed by atoms with Gasteiger partial charge in [0, 0.05) is 5.92 Å². The SMILES string of the molecule is CC(C)c1cnc(CN)o1. The monoisotopic (exact) mass is 140 g/mol. The van der Waals surface area contributed by atoms with Crippen LogP contribution >= 0.6 is 0 Å². The Labute approximate surface area is 60.2 Å². The van der Waals surface area contributed by atoms with Crippen LogP contribution in [0.15, 0.2) is 10.6 Å². The van der Waals surface area contributed by atoms with Crippen LogP contribution in [0, 0.1) is 0 Å². The van der Waals surface area contributed by atoms with E-state index in [0.717, 1.165) is 5.76 Å². The summed E-state index contributed by atoms with van der Waals surface area (Å²) in [6, 6.07) is 0. The van der Waals surface area contributed by atoms with Gasteiger partial charge in [-0.25, -0.2) is 4.98 Å². The van der Waals surface area contributed by atoms with Crippen molar-refractivity contribution in [1.29, 1.82) is 0 Å². The average molecular weight is 140 g/mol. The molecule has 0 fully saturated rings. The molecule has 0 atom stereocenters. The Kier molecular flexibility index (Phi) is 2.06. The molecule has 0 aliphatic rings. The standard InChI is InChI=1S/C7H12N2O/c1-5(2)6-4-9-7(3-8)10-6/h4-5H,3,8H2,1-2H3. The lowest BCUT2D eigenvalue weighted by Gasteiger charge is -1.95. The van der Waals surface area contributed by atoms with Gasteiger partial charge in [-0.3, -0.25) is 0 Å². The number of aromatic nitrogens is 1. The first-order valence-corrected chi connectivity index (χ1v) is 3.38. The van der Waals surface area contributed by atoms with Gasteiger partial charge in [0.15, 0.2) is 0 Å². The molecule has 0 bridgehead atoms. The number of hydrogen-bond donors (Lipinski definition) is 1. The van der Waals surface area contributed by atoms with Gasteiger partial charge in [-0.1, -0.05) is 13.8 Å². The Bertz CT molecular complexity index is 205. The number of oxazole rings is 1. The molecule has 0 unspecified atom stereocenters. The van der Waals surface area contributed by atoms with Gasteiger partial charge < -0.3 is 10.2 Å². The van der Waals surface area contributed by atoms with Crippen molar-refractivity contribution in [3.8, 4) is 0 Å². The number of nitrogens with two attached hydrogens (primary N) is 1. The molecular weight excluding hydrogens is 128 g/mol. The quantitative estimate of drug-likeness (QED) is 0.672. The molecule has 0 aromatic carbocycles. The molecule has 0 radical (unpaired) electrons. The Morgan fingerprint density at radius 3 is 2.70 bits per heavy atom. The average Bonchev–Trinajstić information content (AvgIpc) is 2.34. The highest BCUT2D eigenvalue weighted by molar-refractivity contribution is 4.98. The first-order chi connectivity index (χ1) is 4.74. The normalized spacial score (nSPS) is 10.8. The Morgan fingerprint density at radius 1 is 1.70 bits per heavy atom. The predicted octanol–water partition coefficient (Wildman–Crippen LogP) is 1.26. The van der Waals surface area contributed by atoms with Crippen LogP contribution in [0.4, 0.5) is 0 Å². The van der Waals surface area contributed by atoms with Gasteiger partial charge >= 0.3 is 0 Å². The van der Waals surface area contributed by atoms with Gasteiger partial charge in [0.25, 0.3) is 0 Å². The predicted molar refractivity (Wildman–Crippen MR) is 38.5 cm³/mol. The highest BCUT2D eigenvalue weighted by Gasteiger charge is 2.04. The second-order valence-corrected chi connectivity index (χ2v) is 2.52. The zero-order chi connectivity index (χ0) is 7.56. The van der Waals surface area contributed by atoms with E-state index in [1.807, 2.05) is 0 Å². The molecule has 1 aromatic heterocycles. The van der Waals surface area contributed by atoms with E-state index in [1.54, 1.807) is 6.20 Å². The molecule has 10 heavy (non-hydrogen) atoms. The van der Waals surface area contributed by atoms with Gasteiger partial charge in [-0.05, 0) is 0 Å². The summed E-state index contributed by atoms with van der Waals surface area (Å²) in [6.45, 7) is 4.49. The lowest BCUT2D eigenvalue weighted by Crippen LogP contribution is -1.95. The molecule has 1 aromatic rings. The Balaban J connectivity index is 2.78. The molecule has 3 nitrogen and oxygen atoms in total. The van der Waals surface area contributed by atoms with E-state index in [9.17, 15) is 0 Å². The molecular formula is C7H12N2O. The summed E-state index contributed by atoms with van der Waals surface area (Å²) in [6.07, 6.45) is 1.73. The molecule has 1 rings (SSSR count). The van der Waals surface area contributed by atoms with Crippen LogP contribution in [0.3, 0.4) is 0 Å². The molecule has 0 saturated heterocycles. The van der Waals surface area contributed by atoms with Crippen molar-refractivity contribution in [3.63, 3.8) is 0 Å². The van der Waals surface area contributed by atoms with E-state index in [-0.39, 0.29) is 0 Å². The smallest absolute Gasteiger partial charge is 0.208 e. The van der Waals surface area contributed by atoms with E-state index in [4.69, 9.17) is 10.2 Å². The minimum absolute atomic E-state index is 0.382. The summed E-state index contributed by atoms with van der Waals surface area (Å²) >= 11 is 0. The fourth-order valence-electron chi connectivity index (χ4n) is 0.686. The van der Waals surface area contributed by atoms with Crippen LogP contribution in [0.2, 0.25) is 0 Å². The Hall–Kier alpha value is -0.830.